The van der Waals surface area contributed by atoms with Gasteiger partial charge in [-0.3, -0.25) is 0 Å². The highest BCUT2D eigenvalue weighted by atomic mass is 32.1. The summed E-state index contributed by atoms with van der Waals surface area (Å²) in [6.07, 6.45) is 1.83. The van der Waals surface area contributed by atoms with Crippen molar-refractivity contribution in [3.05, 3.63) is 16.6 Å². The molecule has 2 N–H and O–H groups in total. The van der Waals surface area contributed by atoms with Gasteiger partial charge in [-0.25, -0.2) is 4.98 Å². The minimum Gasteiger partial charge on any atom is -0.383 e. The van der Waals surface area contributed by atoms with Crippen LogP contribution in [0, 0.1) is 0 Å². The van der Waals surface area contributed by atoms with E-state index in [1.54, 1.807) is 18.4 Å². The van der Waals surface area contributed by atoms with E-state index in [1.807, 2.05) is 11.6 Å². The number of rotatable bonds is 8. The van der Waals surface area contributed by atoms with E-state index in [9.17, 15) is 0 Å². The molecule has 0 saturated heterocycles. The first-order valence-corrected chi connectivity index (χ1v) is 5.60. The second kappa shape index (κ2) is 7.87. The van der Waals surface area contributed by atoms with E-state index in [4.69, 9.17) is 4.74 Å². The molecule has 0 saturated carbocycles. The number of hydrogen-bond donors (Lipinski definition) is 2. The lowest BCUT2D eigenvalue weighted by atomic mass is 10.5. The molecular formula is C9H17N3OS. The third kappa shape index (κ3) is 5.29. The number of hydrogen-bond acceptors (Lipinski definition) is 5. The van der Waals surface area contributed by atoms with E-state index in [2.05, 4.69) is 15.6 Å². The van der Waals surface area contributed by atoms with Crippen LogP contribution in [0.1, 0.15) is 5.01 Å². The molecule has 5 heteroatoms. The van der Waals surface area contributed by atoms with E-state index >= 15 is 0 Å². The Bertz CT molecular complexity index is 216. The number of nitrogens with zero attached hydrogens (tertiary/aromatic N) is 1. The maximum Gasteiger partial charge on any atom is 0.106 e. The topological polar surface area (TPSA) is 46.2 Å². The fraction of sp³-hybridized carbons (Fsp3) is 0.667. The van der Waals surface area contributed by atoms with Crippen molar-refractivity contribution in [1.29, 1.82) is 0 Å². The summed E-state index contributed by atoms with van der Waals surface area (Å²) >= 11 is 1.68. The highest BCUT2D eigenvalue weighted by molar-refractivity contribution is 7.09. The molecule has 0 fully saturated rings. The van der Waals surface area contributed by atoms with Crippen LogP contribution >= 0.6 is 11.3 Å². The number of thiazole rings is 1. The van der Waals surface area contributed by atoms with Crippen LogP contribution in [0.25, 0.3) is 0 Å². The minimum absolute atomic E-state index is 0.770. The van der Waals surface area contributed by atoms with E-state index in [0.29, 0.717) is 0 Å². The molecule has 0 spiro atoms. The lowest BCUT2D eigenvalue weighted by molar-refractivity contribution is 0.199. The maximum atomic E-state index is 4.92. The Kier molecular flexibility index (Phi) is 6.51. The first-order valence-electron chi connectivity index (χ1n) is 4.72. The predicted molar refractivity (Wildman–Crippen MR) is 58.6 cm³/mol. The Hall–Kier alpha value is -0.490. The third-order valence-corrected chi connectivity index (χ3v) is 2.50. The van der Waals surface area contributed by atoms with Crippen LogP contribution in [0.4, 0.5) is 0 Å². The van der Waals surface area contributed by atoms with Crippen molar-refractivity contribution in [3.8, 4) is 0 Å². The van der Waals surface area contributed by atoms with Crippen molar-refractivity contribution >= 4 is 11.3 Å². The monoisotopic (exact) mass is 215 g/mol. The van der Waals surface area contributed by atoms with Crippen LogP contribution in [0.3, 0.4) is 0 Å². The summed E-state index contributed by atoms with van der Waals surface area (Å²) in [5, 5.41) is 9.71. The van der Waals surface area contributed by atoms with Gasteiger partial charge in [0.2, 0.25) is 0 Å². The second-order valence-electron chi connectivity index (χ2n) is 2.85. The SMILES string of the molecule is COCCNCCNCc1nccs1. The van der Waals surface area contributed by atoms with Crippen molar-refractivity contribution in [2.45, 2.75) is 6.54 Å². The van der Waals surface area contributed by atoms with Gasteiger partial charge in [0, 0.05) is 44.9 Å². The van der Waals surface area contributed by atoms with Gasteiger partial charge in [-0.1, -0.05) is 0 Å². The highest BCUT2D eigenvalue weighted by Gasteiger charge is 1.93. The van der Waals surface area contributed by atoms with Gasteiger partial charge in [0.25, 0.3) is 0 Å². The number of aromatic nitrogens is 1. The van der Waals surface area contributed by atoms with E-state index < -0.39 is 0 Å². The molecule has 0 unspecified atom stereocenters. The average Bonchev–Trinajstić information content (AvgIpc) is 2.69. The smallest absolute Gasteiger partial charge is 0.106 e. The molecule has 0 amide bonds. The van der Waals surface area contributed by atoms with Crippen molar-refractivity contribution in [3.63, 3.8) is 0 Å². The predicted octanol–water partition coefficient (Wildman–Crippen LogP) is 0.469. The van der Waals surface area contributed by atoms with E-state index in [1.165, 1.54) is 0 Å². The first-order chi connectivity index (χ1) is 6.93. The van der Waals surface area contributed by atoms with Crippen LogP contribution in [0.2, 0.25) is 0 Å². The van der Waals surface area contributed by atoms with Gasteiger partial charge >= 0.3 is 0 Å². The van der Waals surface area contributed by atoms with Gasteiger partial charge in [0.05, 0.1) is 6.61 Å². The molecule has 0 aliphatic heterocycles. The molecule has 0 aliphatic rings. The molecular weight excluding hydrogens is 198 g/mol. The molecule has 1 aromatic rings. The quantitative estimate of drug-likeness (QED) is 0.619. The lowest BCUT2D eigenvalue weighted by Gasteiger charge is -2.04. The Morgan fingerprint density at radius 1 is 1.36 bits per heavy atom. The first kappa shape index (κ1) is 11.6. The average molecular weight is 215 g/mol. The summed E-state index contributed by atoms with van der Waals surface area (Å²) in [6, 6.07) is 0. The Morgan fingerprint density at radius 3 is 2.93 bits per heavy atom. The Labute approximate surface area is 88.7 Å². The molecule has 0 atom stereocenters. The summed E-state index contributed by atoms with van der Waals surface area (Å²) in [7, 11) is 1.71. The van der Waals surface area contributed by atoms with Crippen molar-refractivity contribution in [2.24, 2.45) is 0 Å². The van der Waals surface area contributed by atoms with Gasteiger partial charge < -0.3 is 15.4 Å². The second-order valence-corrected chi connectivity index (χ2v) is 3.82. The molecule has 1 aromatic heterocycles. The summed E-state index contributed by atoms with van der Waals surface area (Å²) in [5.74, 6) is 0. The molecule has 1 rings (SSSR count). The molecule has 0 bridgehead atoms. The summed E-state index contributed by atoms with van der Waals surface area (Å²) in [6.45, 7) is 4.48. The van der Waals surface area contributed by atoms with Gasteiger partial charge in [0.15, 0.2) is 0 Å². The number of methoxy groups -OCH3 is 1. The van der Waals surface area contributed by atoms with Crippen LogP contribution in [-0.4, -0.2) is 38.3 Å². The van der Waals surface area contributed by atoms with Crippen molar-refractivity contribution in [1.82, 2.24) is 15.6 Å². The van der Waals surface area contributed by atoms with Crippen LogP contribution in [0.15, 0.2) is 11.6 Å². The van der Waals surface area contributed by atoms with Gasteiger partial charge in [-0.2, -0.15) is 0 Å². The van der Waals surface area contributed by atoms with Gasteiger partial charge in [-0.05, 0) is 0 Å². The van der Waals surface area contributed by atoms with Gasteiger partial charge in [0.1, 0.15) is 5.01 Å². The molecule has 14 heavy (non-hydrogen) atoms. The van der Waals surface area contributed by atoms with Crippen molar-refractivity contribution in [2.75, 3.05) is 33.4 Å². The largest absolute Gasteiger partial charge is 0.383 e. The summed E-state index contributed by atoms with van der Waals surface area (Å²) < 4.78 is 4.92. The summed E-state index contributed by atoms with van der Waals surface area (Å²) in [4.78, 5) is 4.18. The number of ether oxygens (including phenoxy) is 1. The zero-order valence-electron chi connectivity index (χ0n) is 8.45. The Balaban J connectivity index is 1.85. The lowest BCUT2D eigenvalue weighted by Crippen LogP contribution is -2.29. The van der Waals surface area contributed by atoms with E-state index in [-0.39, 0.29) is 0 Å². The zero-order valence-corrected chi connectivity index (χ0v) is 9.27. The van der Waals surface area contributed by atoms with Crippen LogP contribution < -0.4 is 10.6 Å². The fourth-order valence-electron chi connectivity index (χ4n) is 1.01. The van der Waals surface area contributed by atoms with Crippen LogP contribution in [-0.2, 0) is 11.3 Å². The molecule has 1 heterocycles. The van der Waals surface area contributed by atoms with E-state index in [0.717, 1.165) is 37.8 Å². The standard InChI is InChI=1S/C9H17N3OS/c1-13-6-4-10-2-3-11-8-9-12-5-7-14-9/h5,7,10-11H,2-4,6,8H2,1H3. The molecule has 80 valence electrons. The fourth-order valence-corrected chi connectivity index (χ4v) is 1.60. The maximum absolute atomic E-state index is 4.92. The molecule has 0 aliphatic carbocycles. The molecule has 4 nitrogen and oxygen atoms in total. The Morgan fingerprint density at radius 2 is 2.21 bits per heavy atom. The molecule has 0 radical (unpaired) electrons. The highest BCUT2D eigenvalue weighted by Crippen LogP contribution is 2.01. The zero-order chi connectivity index (χ0) is 10.1. The normalized spacial score (nSPS) is 10.6. The number of nitrogens with one attached hydrogen (secondary N) is 2. The van der Waals surface area contributed by atoms with Crippen LogP contribution in [0.5, 0.6) is 0 Å². The van der Waals surface area contributed by atoms with Crippen molar-refractivity contribution < 1.29 is 4.74 Å². The molecule has 0 aromatic carbocycles. The summed E-state index contributed by atoms with van der Waals surface area (Å²) in [5.41, 5.74) is 0. The third-order valence-electron chi connectivity index (χ3n) is 1.72. The van der Waals surface area contributed by atoms with Gasteiger partial charge in [-0.15, -0.1) is 11.3 Å². The minimum atomic E-state index is 0.770.